The summed E-state index contributed by atoms with van der Waals surface area (Å²) >= 11 is 2.00. The highest BCUT2D eigenvalue weighted by Gasteiger charge is 2.28. The molecule has 4 heteroatoms. The Morgan fingerprint density at radius 2 is 2.35 bits per heavy atom. The van der Waals surface area contributed by atoms with Gasteiger partial charge in [0, 0.05) is 10.6 Å². The molecule has 2 aromatic rings. The van der Waals surface area contributed by atoms with Crippen molar-refractivity contribution in [1.29, 1.82) is 0 Å². The minimum absolute atomic E-state index is 0.178. The number of furan rings is 1. The van der Waals surface area contributed by atoms with Gasteiger partial charge < -0.3 is 9.73 Å². The van der Waals surface area contributed by atoms with Crippen LogP contribution in [0, 0.1) is 5.82 Å². The van der Waals surface area contributed by atoms with Crippen LogP contribution in [0.25, 0.3) is 11.0 Å². The molecule has 1 aliphatic rings. The quantitative estimate of drug-likeness (QED) is 0.898. The highest BCUT2D eigenvalue weighted by molar-refractivity contribution is 8.00. The monoisotopic (exact) mass is 293 g/mol. The van der Waals surface area contributed by atoms with Crippen molar-refractivity contribution in [3.8, 4) is 0 Å². The van der Waals surface area contributed by atoms with Gasteiger partial charge >= 0.3 is 0 Å². The Morgan fingerprint density at radius 3 is 3.05 bits per heavy atom. The molecule has 0 aliphatic carbocycles. The molecule has 2 atom stereocenters. The zero-order valence-corrected chi connectivity index (χ0v) is 12.5. The van der Waals surface area contributed by atoms with Crippen molar-refractivity contribution in [1.82, 2.24) is 5.32 Å². The number of benzene rings is 1. The molecule has 1 N–H and O–H groups in total. The average Bonchev–Trinajstić information content (AvgIpc) is 2.91. The van der Waals surface area contributed by atoms with Crippen molar-refractivity contribution in [2.45, 2.75) is 37.5 Å². The van der Waals surface area contributed by atoms with Gasteiger partial charge in [0.2, 0.25) is 0 Å². The molecule has 2 nitrogen and oxygen atoms in total. The molecule has 0 saturated carbocycles. The molecule has 0 radical (unpaired) electrons. The van der Waals surface area contributed by atoms with Crippen molar-refractivity contribution in [3.05, 3.63) is 35.8 Å². The molecule has 108 valence electrons. The van der Waals surface area contributed by atoms with E-state index in [4.69, 9.17) is 4.42 Å². The van der Waals surface area contributed by atoms with Gasteiger partial charge in [-0.3, -0.25) is 0 Å². The second-order valence-electron chi connectivity index (χ2n) is 5.25. The van der Waals surface area contributed by atoms with E-state index in [9.17, 15) is 4.39 Å². The first-order chi connectivity index (χ1) is 9.79. The lowest BCUT2D eigenvalue weighted by Gasteiger charge is -2.29. The van der Waals surface area contributed by atoms with Crippen LogP contribution in [0.3, 0.4) is 0 Å². The molecule has 0 spiro atoms. The molecular formula is C16H20FNOS. The van der Waals surface area contributed by atoms with Crippen LogP contribution in [0.5, 0.6) is 0 Å². The van der Waals surface area contributed by atoms with Crippen molar-refractivity contribution < 1.29 is 8.81 Å². The van der Waals surface area contributed by atoms with Crippen LogP contribution >= 0.6 is 11.8 Å². The van der Waals surface area contributed by atoms with Gasteiger partial charge in [-0.15, -0.1) is 0 Å². The summed E-state index contributed by atoms with van der Waals surface area (Å²) in [6.07, 6.45) is 3.77. The molecule has 1 aliphatic heterocycles. The van der Waals surface area contributed by atoms with E-state index < -0.39 is 0 Å². The van der Waals surface area contributed by atoms with Gasteiger partial charge in [0.1, 0.15) is 5.76 Å². The predicted molar refractivity (Wildman–Crippen MR) is 82.7 cm³/mol. The Kier molecular flexibility index (Phi) is 4.32. The molecule has 1 saturated heterocycles. The molecule has 1 aromatic heterocycles. The van der Waals surface area contributed by atoms with E-state index in [1.165, 1.54) is 31.1 Å². The largest absolute Gasteiger partial charge is 0.456 e. The first kappa shape index (κ1) is 14.0. The van der Waals surface area contributed by atoms with Crippen LogP contribution < -0.4 is 5.32 Å². The van der Waals surface area contributed by atoms with E-state index in [0.717, 1.165) is 17.7 Å². The van der Waals surface area contributed by atoms with E-state index in [2.05, 4.69) is 12.2 Å². The van der Waals surface area contributed by atoms with Crippen LogP contribution in [0.15, 0.2) is 28.7 Å². The third-order valence-corrected chi connectivity index (χ3v) is 5.29. The molecule has 2 unspecified atom stereocenters. The molecule has 0 amide bonds. The molecule has 20 heavy (non-hydrogen) atoms. The number of nitrogens with one attached hydrogen (secondary N) is 1. The van der Waals surface area contributed by atoms with Gasteiger partial charge in [-0.25, -0.2) is 4.39 Å². The number of hydrogen-bond acceptors (Lipinski definition) is 3. The van der Waals surface area contributed by atoms with Crippen molar-refractivity contribution >= 4 is 22.7 Å². The Morgan fingerprint density at radius 1 is 1.45 bits per heavy atom. The zero-order chi connectivity index (χ0) is 13.9. The molecule has 1 fully saturated rings. The molecule has 3 rings (SSSR count). The molecule has 1 aromatic carbocycles. The Bertz CT molecular complexity index is 577. The molecule has 0 bridgehead atoms. The minimum Gasteiger partial charge on any atom is -0.456 e. The van der Waals surface area contributed by atoms with Crippen LogP contribution in [-0.2, 0) is 0 Å². The Labute approximate surface area is 123 Å². The van der Waals surface area contributed by atoms with Crippen molar-refractivity contribution in [2.75, 3.05) is 12.3 Å². The van der Waals surface area contributed by atoms with Crippen molar-refractivity contribution in [2.24, 2.45) is 0 Å². The molecule has 2 heterocycles. The second kappa shape index (κ2) is 6.19. The summed E-state index contributed by atoms with van der Waals surface area (Å²) in [6, 6.07) is 7.25. The lowest BCUT2D eigenvalue weighted by atomic mass is 10.0. The Hall–Kier alpha value is -1.000. The van der Waals surface area contributed by atoms with Gasteiger partial charge in [0.05, 0.1) is 6.04 Å². The van der Waals surface area contributed by atoms with Crippen LogP contribution in [0.4, 0.5) is 4.39 Å². The van der Waals surface area contributed by atoms with Crippen LogP contribution in [0.1, 0.15) is 38.0 Å². The first-order valence-electron chi connectivity index (χ1n) is 7.32. The zero-order valence-electron chi connectivity index (χ0n) is 11.7. The van der Waals surface area contributed by atoms with E-state index in [0.29, 0.717) is 10.8 Å². The van der Waals surface area contributed by atoms with E-state index in [1.54, 1.807) is 6.07 Å². The van der Waals surface area contributed by atoms with Gasteiger partial charge in [0.25, 0.3) is 0 Å². The maximum atomic E-state index is 13.8. The highest BCUT2D eigenvalue weighted by atomic mass is 32.2. The Balaban J connectivity index is 1.93. The maximum absolute atomic E-state index is 13.8. The topological polar surface area (TPSA) is 25.2 Å². The van der Waals surface area contributed by atoms with E-state index in [-0.39, 0.29) is 11.9 Å². The SMILES string of the molecule is CCNC(c1cc2cccc(F)c2o1)C1CCCCS1. The summed E-state index contributed by atoms with van der Waals surface area (Å²) in [5.74, 6) is 1.80. The molecular weight excluding hydrogens is 273 g/mol. The number of hydrogen-bond donors (Lipinski definition) is 1. The number of para-hydroxylation sites is 1. The lowest BCUT2D eigenvalue weighted by molar-refractivity contribution is 0.405. The number of fused-ring (bicyclic) bond motifs is 1. The van der Waals surface area contributed by atoms with Gasteiger partial charge in [-0.2, -0.15) is 11.8 Å². The summed E-state index contributed by atoms with van der Waals surface area (Å²) < 4.78 is 19.6. The first-order valence-corrected chi connectivity index (χ1v) is 8.37. The predicted octanol–water partition coefficient (Wildman–Crippen LogP) is 4.51. The van der Waals surface area contributed by atoms with Crippen LogP contribution in [0.2, 0.25) is 0 Å². The third-order valence-electron chi connectivity index (χ3n) is 3.83. The summed E-state index contributed by atoms with van der Waals surface area (Å²) in [5, 5.41) is 4.88. The smallest absolute Gasteiger partial charge is 0.169 e. The van der Waals surface area contributed by atoms with Gasteiger partial charge in [-0.1, -0.05) is 25.5 Å². The highest BCUT2D eigenvalue weighted by Crippen LogP contribution is 2.37. The maximum Gasteiger partial charge on any atom is 0.169 e. The fraction of sp³-hybridized carbons (Fsp3) is 0.500. The summed E-state index contributed by atoms with van der Waals surface area (Å²) in [4.78, 5) is 0. The summed E-state index contributed by atoms with van der Waals surface area (Å²) in [6.45, 7) is 2.99. The third kappa shape index (κ3) is 2.72. The van der Waals surface area contributed by atoms with Gasteiger partial charge in [0.15, 0.2) is 11.4 Å². The normalized spacial score (nSPS) is 21.2. The van der Waals surface area contributed by atoms with E-state index in [1.807, 2.05) is 23.9 Å². The van der Waals surface area contributed by atoms with Gasteiger partial charge in [-0.05, 0) is 37.3 Å². The standard InChI is InChI=1S/C16H20FNOS/c1-2-18-15(14-8-3-4-9-20-14)13-10-11-6-5-7-12(17)16(11)19-13/h5-7,10,14-15,18H,2-4,8-9H2,1H3. The fourth-order valence-corrected chi connectivity index (χ4v) is 4.29. The minimum atomic E-state index is -0.278. The number of halogens is 1. The summed E-state index contributed by atoms with van der Waals surface area (Å²) in [5.41, 5.74) is 0.381. The van der Waals surface area contributed by atoms with Crippen molar-refractivity contribution in [3.63, 3.8) is 0 Å². The van der Waals surface area contributed by atoms with Crippen LogP contribution in [-0.4, -0.2) is 17.5 Å². The summed E-state index contributed by atoms with van der Waals surface area (Å²) in [7, 11) is 0. The average molecular weight is 293 g/mol. The fourth-order valence-electron chi connectivity index (χ4n) is 2.86. The van der Waals surface area contributed by atoms with E-state index >= 15 is 0 Å². The number of rotatable bonds is 4. The second-order valence-corrected chi connectivity index (χ2v) is 6.59. The number of thioether (sulfide) groups is 1. The lowest BCUT2D eigenvalue weighted by Crippen LogP contribution is -2.31.